The van der Waals surface area contributed by atoms with Crippen molar-refractivity contribution in [3.63, 3.8) is 0 Å². The quantitative estimate of drug-likeness (QED) is 0.660. The Hall–Kier alpha value is -2.22. The minimum atomic E-state index is -0.549. The molecule has 0 spiro atoms. The maximum Gasteiger partial charge on any atom is 0.353 e. The van der Waals surface area contributed by atoms with Crippen LogP contribution in [0.1, 0.15) is 4.88 Å². The number of nitrogen functional groups attached to an aromatic ring is 1. The van der Waals surface area contributed by atoms with Crippen LogP contribution in [-0.2, 0) is 6.42 Å². The summed E-state index contributed by atoms with van der Waals surface area (Å²) in [5.41, 5.74) is 5.29. The summed E-state index contributed by atoms with van der Waals surface area (Å²) in [6, 6.07) is 4.01. The Morgan fingerprint density at radius 1 is 1.53 bits per heavy atom. The zero-order valence-corrected chi connectivity index (χ0v) is 11.1. The van der Waals surface area contributed by atoms with E-state index in [2.05, 4.69) is 9.97 Å². The Balaban J connectivity index is 2.16. The van der Waals surface area contributed by atoms with E-state index in [1.54, 1.807) is 23.3 Å². The number of nitrogens with zero attached hydrogens (tertiary/aromatic N) is 4. The largest absolute Gasteiger partial charge is 0.378 e. The molecule has 2 heterocycles. The van der Waals surface area contributed by atoms with E-state index in [4.69, 9.17) is 5.73 Å². The first kappa shape index (κ1) is 13.2. The Morgan fingerprint density at radius 2 is 2.32 bits per heavy atom. The Bertz CT molecular complexity index is 572. The van der Waals surface area contributed by atoms with Crippen molar-refractivity contribution in [2.45, 2.75) is 6.42 Å². The van der Waals surface area contributed by atoms with Gasteiger partial charge in [0.1, 0.15) is 6.33 Å². The van der Waals surface area contributed by atoms with Gasteiger partial charge in [-0.05, 0) is 17.9 Å². The molecule has 0 atom stereocenters. The van der Waals surface area contributed by atoms with Gasteiger partial charge in [-0.15, -0.1) is 11.3 Å². The van der Waals surface area contributed by atoms with Gasteiger partial charge in [-0.25, -0.2) is 9.97 Å². The fourth-order valence-electron chi connectivity index (χ4n) is 1.68. The zero-order valence-electron chi connectivity index (χ0n) is 10.3. The van der Waals surface area contributed by atoms with Crippen molar-refractivity contribution in [2.24, 2.45) is 0 Å². The highest BCUT2D eigenvalue weighted by atomic mass is 32.1. The molecular formula is C11H13N5O2S. The molecule has 100 valence electrons. The number of likely N-dealkylation sites (N-methyl/N-ethyl adjacent to an activating group) is 1. The van der Waals surface area contributed by atoms with Crippen molar-refractivity contribution in [3.05, 3.63) is 38.8 Å². The molecule has 19 heavy (non-hydrogen) atoms. The van der Waals surface area contributed by atoms with E-state index < -0.39 is 4.92 Å². The van der Waals surface area contributed by atoms with Gasteiger partial charge >= 0.3 is 5.69 Å². The van der Waals surface area contributed by atoms with Gasteiger partial charge in [0, 0.05) is 18.5 Å². The van der Waals surface area contributed by atoms with E-state index in [1.807, 2.05) is 17.5 Å². The van der Waals surface area contributed by atoms with Crippen molar-refractivity contribution in [1.29, 1.82) is 0 Å². The topological polar surface area (TPSA) is 98.2 Å². The Labute approximate surface area is 113 Å². The summed E-state index contributed by atoms with van der Waals surface area (Å²) in [6.45, 7) is 0.623. The van der Waals surface area contributed by atoms with Crippen LogP contribution in [-0.4, -0.2) is 28.5 Å². The van der Waals surface area contributed by atoms with Gasteiger partial charge in [0.05, 0.1) is 4.92 Å². The number of anilines is 2. The van der Waals surface area contributed by atoms with Crippen LogP contribution in [0.2, 0.25) is 0 Å². The van der Waals surface area contributed by atoms with Crippen LogP contribution in [0.4, 0.5) is 17.3 Å². The lowest BCUT2D eigenvalue weighted by atomic mass is 10.3. The van der Waals surface area contributed by atoms with Gasteiger partial charge in [0.15, 0.2) is 0 Å². The fourth-order valence-corrected chi connectivity index (χ4v) is 2.37. The predicted octanol–water partition coefficient (Wildman–Crippen LogP) is 1.71. The first-order valence-corrected chi connectivity index (χ1v) is 6.46. The van der Waals surface area contributed by atoms with Crippen molar-refractivity contribution in [3.8, 4) is 0 Å². The van der Waals surface area contributed by atoms with Crippen molar-refractivity contribution < 1.29 is 4.92 Å². The molecule has 0 aliphatic rings. The third kappa shape index (κ3) is 2.97. The molecule has 0 aliphatic heterocycles. The summed E-state index contributed by atoms with van der Waals surface area (Å²) >= 11 is 1.66. The first-order valence-electron chi connectivity index (χ1n) is 5.58. The number of aromatic nitrogens is 2. The molecule has 0 radical (unpaired) electrons. The normalized spacial score (nSPS) is 10.4. The molecule has 2 aromatic heterocycles. The Morgan fingerprint density at radius 3 is 2.95 bits per heavy atom. The third-order valence-corrected chi connectivity index (χ3v) is 3.59. The smallest absolute Gasteiger partial charge is 0.353 e. The highest BCUT2D eigenvalue weighted by Gasteiger charge is 2.23. The summed E-state index contributed by atoms with van der Waals surface area (Å²) in [6.07, 6.45) is 2.04. The van der Waals surface area contributed by atoms with E-state index in [0.717, 1.165) is 6.42 Å². The number of thiophene rings is 1. The number of nitrogens with two attached hydrogens (primary N) is 1. The molecule has 0 bridgehead atoms. The van der Waals surface area contributed by atoms with Gasteiger partial charge in [-0.3, -0.25) is 10.1 Å². The van der Waals surface area contributed by atoms with Gasteiger partial charge in [-0.2, -0.15) is 0 Å². The molecule has 7 nitrogen and oxygen atoms in total. The van der Waals surface area contributed by atoms with Crippen molar-refractivity contribution in [2.75, 3.05) is 24.2 Å². The second-order valence-electron chi connectivity index (χ2n) is 3.94. The fraction of sp³-hybridized carbons (Fsp3) is 0.273. The van der Waals surface area contributed by atoms with Gasteiger partial charge < -0.3 is 10.6 Å². The molecule has 0 saturated heterocycles. The second-order valence-corrected chi connectivity index (χ2v) is 4.97. The second kappa shape index (κ2) is 5.61. The van der Waals surface area contributed by atoms with E-state index in [9.17, 15) is 10.1 Å². The molecule has 2 N–H and O–H groups in total. The van der Waals surface area contributed by atoms with Gasteiger partial charge in [0.25, 0.3) is 0 Å². The summed E-state index contributed by atoms with van der Waals surface area (Å²) < 4.78 is 0. The van der Waals surface area contributed by atoms with Gasteiger partial charge in [-0.1, -0.05) is 6.07 Å². The maximum absolute atomic E-state index is 11.0. The summed E-state index contributed by atoms with van der Waals surface area (Å²) in [4.78, 5) is 21.0. The molecule has 0 unspecified atom stereocenters. The number of hydrogen-bond acceptors (Lipinski definition) is 7. The van der Waals surface area contributed by atoms with Gasteiger partial charge in [0.2, 0.25) is 11.6 Å². The molecule has 0 saturated carbocycles. The van der Waals surface area contributed by atoms with Crippen molar-refractivity contribution in [1.82, 2.24) is 9.97 Å². The lowest BCUT2D eigenvalue weighted by Crippen LogP contribution is -2.23. The highest BCUT2D eigenvalue weighted by Crippen LogP contribution is 2.28. The van der Waals surface area contributed by atoms with E-state index in [0.29, 0.717) is 6.54 Å². The first-order chi connectivity index (χ1) is 9.09. The predicted molar refractivity (Wildman–Crippen MR) is 74.4 cm³/mol. The zero-order chi connectivity index (χ0) is 13.8. The summed E-state index contributed by atoms with van der Waals surface area (Å²) in [7, 11) is 1.75. The van der Waals surface area contributed by atoms with Crippen LogP contribution in [0.5, 0.6) is 0 Å². The molecule has 0 aromatic carbocycles. The molecule has 0 aliphatic carbocycles. The maximum atomic E-state index is 11.0. The third-order valence-electron chi connectivity index (χ3n) is 2.65. The monoisotopic (exact) mass is 279 g/mol. The van der Waals surface area contributed by atoms with Crippen LogP contribution in [0, 0.1) is 10.1 Å². The van der Waals surface area contributed by atoms with E-state index >= 15 is 0 Å². The average Bonchev–Trinajstić information content (AvgIpc) is 2.88. The standard InChI is InChI=1S/C11H13N5O2S/c1-15(5-4-8-3-2-6-19-8)11-9(16(17)18)10(12)13-7-14-11/h2-3,6-7H,4-5H2,1H3,(H2,12,13,14). The minimum Gasteiger partial charge on any atom is -0.378 e. The minimum absolute atomic E-state index is 0.113. The Kier molecular flexibility index (Phi) is 3.91. The van der Waals surface area contributed by atoms with E-state index in [-0.39, 0.29) is 17.3 Å². The SMILES string of the molecule is CN(CCc1cccs1)c1ncnc(N)c1[N+](=O)[O-]. The number of nitro groups is 1. The molecule has 0 fully saturated rings. The average molecular weight is 279 g/mol. The summed E-state index contributed by atoms with van der Waals surface area (Å²) in [5, 5.41) is 13.0. The van der Waals surface area contributed by atoms with Crippen LogP contribution < -0.4 is 10.6 Å². The molecule has 2 aromatic rings. The lowest BCUT2D eigenvalue weighted by Gasteiger charge is -2.17. The van der Waals surface area contributed by atoms with Crippen LogP contribution >= 0.6 is 11.3 Å². The van der Waals surface area contributed by atoms with Crippen LogP contribution in [0.15, 0.2) is 23.8 Å². The van der Waals surface area contributed by atoms with Crippen molar-refractivity contribution >= 4 is 28.7 Å². The molecular weight excluding hydrogens is 266 g/mol. The molecule has 8 heteroatoms. The molecule has 2 rings (SSSR count). The van der Waals surface area contributed by atoms with E-state index in [1.165, 1.54) is 11.2 Å². The number of rotatable bonds is 5. The lowest BCUT2D eigenvalue weighted by molar-refractivity contribution is -0.383. The molecule has 0 amide bonds. The van der Waals surface area contributed by atoms with Crippen LogP contribution in [0.25, 0.3) is 0 Å². The number of hydrogen-bond donors (Lipinski definition) is 1. The van der Waals surface area contributed by atoms with Crippen LogP contribution in [0.3, 0.4) is 0 Å². The highest BCUT2D eigenvalue weighted by molar-refractivity contribution is 7.09. The summed E-state index contributed by atoms with van der Waals surface area (Å²) in [5.74, 6) is 0.132.